The molecule has 0 unspecified atom stereocenters. The molecule has 0 saturated heterocycles. The van der Waals surface area contributed by atoms with Gasteiger partial charge in [-0.3, -0.25) is 9.36 Å². The van der Waals surface area contributed by atoms with Gasteiger partial charge in [-0.1, -0.05) is 60.3 Å². The van der Waals surface area contributed by atoms with Crippen LogP contribution in [0.25, 0.3) is 17.1 Å². The van der Waals surface area contributed by atoms with Crippen LogP contribution in [0.3, 0.4) is 0 Å². The number of nitrogens with one attached hydrogen (secondary N) is 1. The summed E-state index contributed by atoms with van der Waals surface area (Å²) >= 11 is 1.35. The van der Waals surface area contributed by atoms with E-state index in [1.54, 1.807) is 16.9 Å². The summed E-state index contributed by atoms with van der Waals surface area (Å²) in [5.41, 5.74) is 1.91. The van der Waals surface area contributed by atoms with Crippen molar-refractivity contribution >= 4 is 23.5 Å². The van der Waals surface area contributed by atoms with Gasteiger partial charge in [-0.25, -0.2) is 4.68 Å². The van der Waals surface area contributed by atoms with Crippen LogP contribution in [0, 0.1) is 0 Å². The van der Waals surface area contributed by atoms with Crippen LogP contribution in [0.15, 0.2) is 78.1 Å². The fraction of sp³-hybridized carbons (Fsp3) is 0.182. The maximum Gasteiger partial charge on any atom is 0.235 e. The quantitative estimate of drug-likeness (QED) is 0.449. The van der Waals surface area contributed by atoms with Crippen molar-refractivity contribution < 1.29 is 4.79 Å². The van der Waals surface area contributed by atoms with E-state index in [1.807, 2.05) is 79.1 Å². The van der Waals surface area contributed by atoms with Crippen molar-refractivity contribution in [1.82, 2.24) is 24.5 Å². The third-order valence-corrected chi connectivity index (χ3v) is 5.37. The van der Waals surface area contributed by atoms with E-state index in [2.05, 4.69) is 20.6 Å². The van der Waals surface area contributed by atoms with Crippen molar-refractivity contribution in [2.24, 2.45) is 0 Å². The molecular weight excluding hydrogens is 396 g/mol. The van der Waals surface area contributed by atoms with Crippen LogP contribution in [0.5, 0.6) is 0 Å². The van der Waals surface area contributed by atoms with Crippen LogP contribution in [-0.2, 0) is 4.79 Å². The lowest BCUT2D eigenvalue weighted by Crippen LogP contribution is -2.18. The van der Waals surface area contributed by atoms with E-state index in [0.29, 0.717) is 11.0 Å². The highest BCUT2D eigenvalue weighted by atomic mass is 32.2. The summed E-state index contributed by atoms with van der Waals surface area (Å²) in [6.07, 6.45) is 1.68. The first-order valence-corrected chi connectivity index (χ1v) is 10.6. The number of rotatable bonds is 7. The van der Waals surface area contributed by atoms with Gasteiger partial charge in [-0.05, 0) is 26.0 Å². The molecule has 0 bridgehead atoms. The van der Waals surface area contributed by atoms with Crippen molar-refractivity contribution in [1.29, 1.82) is 0 Å². The van der Waals surface area contributed by atoms with Crippen molar-refractivity contribution in [2.45, 2.75) is 25.0 Å². The summed E-state index contributed by atoms with van der Waals surface area (Å²) in [5, 5.41) is 16.6. The molecule has 0 radical (unpaired) electrons. The predicted octanol–water partition coefficient (Wildman–Crippen LogP) is 4.44. The Kier molecular flexibility index (Phi) is 5.94. The first kappa shape index (κ1) is 19.9. The third-order valence-electron chi connectivity index (χ3n) is 4.44. The molecule has 0 spiro atoms. The van der Waals surface area contributed by atoms with Crippen LogP contribution in [0.1, 0.15) is 19.9 Å². The van der Waals surface area contributed by atoms with Gasteiger partial charge in [0.05, 0.1) is 11.9 Å². The predicted molar refractivity (Wildman–Crippen MR) is 119 cm³/mol. The Morgan fingerprint density at radius 2 is 1.70 bits per heavy atom. The maximum atomic E-state index is 12.6. The molecule has 1 amide bonds. The van der Waals surface area contributed by atoms with Crippen LogP contribution in [0.2, 0.25) is 0 Å². The maximum absolute atomic E-state index is 12.6. The fourth-order valence-corrected chi connectivity index (χ4v) is 3.83. The number of benzene rings is 2. The lowest BCUT2D eigenvalue weighted by Gasteiger charge is -2.12. The topological polar surface area (TPSA) is 77.6 Å². The van der Waals surface area contributed by atoms with E-state index in [9.17, 15) is 4.79 Å². The zero-order valence-corrected chi connectivity index (χ0v) is 17.6. The number of thioether (sulfide) groups is 1. The van der Waals surface area contributed by atoms with Gasteiger partial charge in [0.2, 0.25) is 5.91 Å². The fourth-order valence-electron chi connectivity index (χ4n) is 3.08. The lowest BCUT2D eigenvalue weighted by atomic mass is 10.2. The molecule has 0 saturated carbocycles. The van der Waals surface area contributed by atoms with Crippen molar-refractivity contribution in [2.75, 3.05) is 11.1 Å². The first-order valence-electron chi connectivity index (χ1n) is 9.66. The second-order valence-electron chi connectivity index (χ2n) is 6.93. The molecule has 1 N–H and O–H groups in total. The molecule has 7 nitrogen and oxygen atoms in total. The molecule has 4 rings (SSSR count). The molecule has 0 atom stereocenters. The second kappa shape index (κ2) is 8.96. The number of anilines is 1. The Balaban J connectivity index is 1.56. The summed E-state index contributed by atoms with van der Waals surface area (Å²) in [5.74, 6) is 1.52. The van der Waals surface area contributed by atoms with Crippen molar-refractivity contribution in [3.8, 4) is 17.1 Å². The third kappa shape index (κ3) is 4.28. The molecule has 4 aromatic rings. The van der Waals surface area contributed by atoms with E-state index >= 15 is 0 Å². The van der Waals surface area contributed by atoms with Gasteiger partial charge in [-0.2, -0.15) is 5.10 Å². The second-order valence-corrected chi connectivity index (χ2v) is 7.88. The summed E-state index contributed by atoms with van der Waals surface area (Å²) < 4.78 is 3.76. The number of aromatic nitrogens is 5. The van der Waals surface area contributed by atoms with Crippen LogP contribution < -0.4 is 5.32 Å². The molecular formula is C22H22N6OS. The van der Waals surface area contributed by atoms with Crippen LogP contribution in [-0.4, -0.2) is 36.2 Å². The van der Waals surface area contributed by atoms with Gasteiger partial charge in [0.15, 0.2) is 11.0 Å². The Hall–Kier alpha value is -3.39. The minimum atomic E-state index is -0.119. The Morgan fingerprint density at radius 3 is 2.40 bits per heavy atom. The number of hydrogen-bond acceptors (Lipinski definition) is 5. The highest BCUT2D eigenvalue weighted by molar-refractivity contribution is 7.99. The standard InChI is InChI=1S/C22H22N6OS/c1-16(2)28-19(13-14-23-28)24-20(29)15-30-22-26-25-21(17-9-5-3-6-10-17)27(22)18-11-7-4-8-12-18/h3-14,16H,15H2,1-2H3,(H,24,29). The van der Waals surface area contributed by atoms with Gasteiger partial charge in [-0.15, -0.1) is 10.2 Å². The Labute approximate surface area is 179 Å². The molecule has 2 aromatic carbocycles. The van der Waals surface area contributed by atoms with Gasteiger partial charge in [0.1, 0.15) is 5.82 Å². The zero-order valence-electron chi connectivity index (χ0n) is 16.8. The summed E-state index contributed by atoms with van der Waals surface area (Å²) in [6, 6.07) is 21.8. The van der Waals surface area contributed by atoms with E-state index in [1.165, 1.54) is 11.8 Å². The van der Waals surface area contributed by atoms with E-state index in [0.717, 1.165) is 17.1 Å². The van der Waals surface area contributed by atoms with E-state index in [-0.39, 0.29) is 17.7 Å². The molecule has 0 aliphatic carbocycles. The largest absolute Gasteiger partial charge is 0.310 e. The first-order chi connectivity index (χ1) is 14.6. The number of para-hydroxylation sites is 1. The highest BCUT2D eigenvalue weighted by Crippen LogP contribution is 2.28. The van der Waals surface area contributed by atoms with Crippen LogP contribution >= 0.6 is 11.8 Å². The number of carbonyl (C=O) groups excluding carboxylic acids is 1. The smallest absolute Gasteiger partial charge is 0.235 e. The molecule has 30 heavy (non-hydrogen) atoms. The SMILES string of the molecule is CC(C)n1nccc1NC(=O)CSc1nnc(-c2ccccc2)n1-c1ccccc1. The number of carbonyl (C=O) groups is 1. The van der Waals surface area contributed by atoms with Crippen LogP contribution in [0.4, 0.5) is 5.82 Å². The molecule has 0 aliphatic heterocycles. The normalized spacial score (nSPS) is 11.0. The molecule has 8 heteroatoms. The summed E-state index contributed by atoms with van der Waals surface area (Å²) in [4.78, 5) is 12.6. The average Bonchev–Trinajstić information content (AvgIpc) is 3.40. The summed E-state index contributed by atoms with van der Waals surface area (Å²) in [6.45, 7) is 4.04. The van der Waals surface area contributed by atoms with E-state index < -0.39 is 0 Å². The lowest BCUT2D eigenvalue weighted by molar-refractivity contribution is -0.113. The Bertz CT molecular complexity index is 1120. The minimum absolute atomic E-state index is 0.119. The van der Waals surface area contributed by atoms with Gasteiger partial charge >= 0.3 is 0 Å². The van der Waals surface area contributed by atoms with Crippen molar-refractivity contribution in [3.63, 3.8) is 0 Å². The molecule has 2 aromatic heterocycles. The molecule has 0 fully saturated rings. The average molecular weight is 419 g/mol. The van der Waals surface area contributed by atoms with E-state index in [4.69, 9.17) is 0 Å². The Morgan fingerprint density at radius 1 is 1.00 bits per heavy atom. The number of amides is 1. The number of nitrogens with zero attached hydrogens (tertiary/aromatic N) is 5. The summed E-state index contributed by atoms with van der Waals surface area (Å²) in [7, 11) is 0. The van der Waals surface area contributed by atoms with Crippen molar-refractivity contribution in [3.05, 3.63) is 72.9 Å². The van der Waals surface area contributed by atoms with Gasteiger partial charge in [0.25, 0.3) is 0 Å². The molecule has 0 aliphatic rings. The highest BCUT2D eigenvalue weighted by Gasteiger charge is 2.17. The number of hydrogen-bond donors (Lipinski definition) is 1. The van der Waals surface area contributed by atoms with Gasteiger partial charge in [0, 0.05) is 23.4 Å². The zero-order chi connectivity index (χ0) is 20.9. The molecule has 2 heterocycles. The molecule has 152 valence electrons. The van der Waals surface area contributed by atoms with Gasteiger partial charge < -0.3 is 5.32 Å². The minimum Gasteiger partial charge on any atom is -0.310 e. The monoisotopic (exact) mass is 418 g/mol.